The second-order valence-electron chi connectivity index (χ2n) is 37.1. The second kappa shape index (κ2) is 35.5. The Bertz CT molecular complexity index is 3340. The molecule has 8 heterocycles. The van der Waals surface area contributed by atoms with Crippen molar-refractivity contribution < 1.29 is 198 Å². The van der Waals surface area contributed by atoms with Gasteiger partial charge in [0.15, 0.2) is 44.0 Å². The molecule has 0 aromatic rings. The Balaban J connectivity index is 0.648. The van der Waals surface area contributed by atoms with Gasteiger partial charge in [0.2, 0.25) is 6.29 Å². The highest BCUT2D eigenvalue weighted by Gasteiger charge is 2.71. The van der Waals surface area contributed by atoms with Crippen LogP contribution in [-0.2, 0) is 80.6 Å². The minimum absolute atomic E-state index is 0.0364. The topological polar surface area (TPSA) is 630 Å². The van der Waals surface area contributed by atoms with Crippen LogP contribution < -0.4 is 0 Å². The van der Waals surface area contributed by atoms with Crippen LogP contribution in [0.1, 0.15) is 127 Å². The molecule has 40 heteroatoms. The second-order valence-corrected chi connectivity index (χ2v) is 37.1. The number of aliphatic hydroxyl groups is 23. The van der Waals surface area contributed by atoms with E-state index in [4.69, 9.17) is 75.8 Å². The van der Waals surface area contributed by atoms with E-state index in [9.17, 15) is 117 Å². The summed E-state index contributed by atoms with van der Waals surface area (Å²) >= 11 is 0. The molecule has 12 fully saturated rings. The number of carbonyl (C=O) groups is 1. The van der Waals surface area contributed by atoms with Crippen LogP contribution in [0.15, 0.2) is 11.6 Å². The van der Waals surface area contributed by atoms with Gasteiger partial charge in [-0.05, 0) is 123 Å². The van der Waals surface area contributed by atoms with Crippen molar-refractivity contribution in [2.75, 3.05) is 39.6 Å². The molecule has 0 radical (unpaired) electrons. The van der Waals surface area contributed by atoms with Crippen molar-refractivity contribution in [3.8, 4) is 0 Å². The summed E-state index contributed by atoms with van der Waals surface area (Å²) in [7, 11) is 0. The minimum Gasteiger partial charge on any atom is -0.432 e. The van der Waals surface area contributed by atoms with Gasteiger partial charge in [-0.25, -0.2) is 0 Å². The average Bonchev–Trinajstić information content (AvgIpc) is 0.673. The van der Waals surface area contributed by atoms with E-state index in [0.717, 1.165) is 18.4 Å². The molecular weight excluding hydrogens is 1560 g/mol. The molecule has 47 atom stereocenters. The third kappa shape index (κ3) is 16.7. The van der Waals surface area contributed by atoms with E-state index in [1.54, 1.807) is 0 Å². The fourth-order valence-corrected chi connectivity index (χ4v) is 21.8. The third-order valence-electron chi connectivity index (χ3n) is 29.4. The SMILES string of the molecule is C[C@@H]1O[C@@H](O[C@H]2[C@H](O[C@H]3[C@H](O[C@H]4CC[C@]5(C)[C@H]6CC=C7[C@@H]8CC(C)(C)CC[C@]8(C(=O)O[C@@H]8O[C@H](CO[C@@H]9O[C@H](CO)[C@@H](O[C@@H]%10O[C@@H](C)[C@H](O)[C@@H](O[C@H]%11O[C@H](CO[C@@H]%12O[C@H](CO)[C@@H](O)[C@H](O)[C@H]%12O)[C@@H](O)[C@H](O)[C@H]%11O)[C@H]%10O)[C@H](O)[C@H]9O)[C@@H](O)[C@H](O)[C@H]8O)CC[C@@]7(C)[C@]6(C)CC[C@H]5C4(C)C)OC[C@H](O)[C@@H]3O)O[C@H](CO)[C@@H](O)[C@@H]2O)[C@H](O)[C@H](O)[C@H]1O. The molecule has 5 aliphatic carbocycles. The van der Waals surface area contributed by atoms with E-state index in [0.29, 0.717) is 51.4 Å². The molecular formula is C77H126O40. The van der Waals surface area contributed by atoms with Gasteiger partial charge in [-0.15, -0.1) is 0 Å². The maximum absolute atomic E-state index is 15.5. The molecule has 0 aromatic heterocycles. The van der Waals surface area contributed by atoms with Gasteiger partial charge in [0, 0.05) is 0 Å². The van der Waals surface area contributed by atoms with Gasteiger partial charge in [0.05, 0.1) is 63.4 Å². The molecule has 23 N–H and O–H groups in total. The number of esters is 1. The Hall–Kier alpha value is -2.31. The molecule has 8 saturated heterocycles. The maximum atomic E-state index is 15.5. The fraction of sp³-hybridized carbons (Fsp3) is 0.961. The lowest BCUT2D eigenvalue weighted by Gasteiger charge is -2.71. The van der Waals surface area contributed by atoms with Crippen LogP contribution in [-0.4, -0.2) is 409 Å². The van der Waals surface area contributed by atoms with Crippen LogP contribution >= 0.6 is 0 Å². The van der Waals surface area contributed by atoms with Crippen molar-refractivity contribution in [3.05, 3.63) is 11.6 Å². The molecule has 13 aliphatic rings. The Kier molecular flexibility index (Phi) is 28.0. The number of carbonyl (C=O) groups excluding carboxylic acids is 1. The number of fused-ring (bicyclic) bond motifs is 7. The normalized spacial score (nSPS) is 54.5. The van der Waals surface area contributed by atoms with Gasteiger partial charge in [0.1, 0.15) is 177 Å². The van der Waals surface area contributed by atoms with Crippen molar-refractivity contribution in [3.63, 3.8) is 0 Å². The monoisotopic (exact) mass is 1690 g/mol. The molecule has 117 heavy (non-hydrogen) atoms. The fourth-order valence-electron chi connectivity index (χ4n) is 21.8. The van der Waals surface area contributed by atoms with Crippen LogP contribution in [0.5, 0.6) is 0 Å². The molecule has 40 nitrogen and oxygen atoms in total. The Morgan fingerprint density at radius 1 is 0.402 bits per heavy atom. The lowest BCUT2D eigenvalue weighted by atomic mass is 9.33. The lowest BCUT2D eigenvalue weighted by Crippen LogP contribution is -2.67. The van der Waals surface area contributed by atoms with Crippen molar-refractivity contribution in [1.29, 1.82) is 0 Å². The predicted octanol–water partition coefficient (Wildman–Crippen LogP) is -8.04. The summed E-state index contributed by atoms with van der Waals surface area (Å²) in [5.41, 5.74) is -1.93. The molecule has 0 bridgehead atoms. The highest BCUT2D eigenvalue weighted by Crippen LogP contribution is 2.76. The first kappa shape index (κ1) is 92.4. The first-order chi connectivity index (χ1) is 54.9. The van der Waals surface area contributed by atoms with E-state index in [2.05, 4.69) is 54.5 Å². The molecule has 4 saturated carbocycles. The summed E-state index contributed by atoms with van der Waals surface area (Å²) < 4.78 is 95.2. The van der Waals surface area contributed by atoms with Crippen LogP contribution in [0.2, 0.25) is 0 Å². The largest absolute Gasteiger partial charge is 0.432 e. The number of hydrogen-bond donors (Lipinski definition) is 23. The Morgan fingerprint density at radius 2 is 0.855 bits per heavy atom. The number of hydrogen-bond acceptors (Lipinski definition) is 40. The van der Waals surface area contributed by atoms with E-state index in [1.807, 2.05) is 0 Å². The molecule has 13 rings (SSSR count). The molecule has 674 valence electrons. The van der Waals surface area contributed by atoms with Gasteiger partial charge in [-0.1, -0.05) is 60.1 Å². The van der Waals surface area contributed by atoms with Gasteiger partial charge >= 0.3 is 5.97 Å². The van der Waals surface area contributed by atoms with Gasteiger partial charge in [0.25, 0.3) is 0 Å². The van der Waals surface area contributed by atoms with Crippen molar-refractivity contribution in [2.45, 2.75) is 372 Å². The minimum atomic E-state index is -2.08. The van der Waals surface area contributed by atoms with Crippen molar-refractivity contribution >= 4 is 5.97 Å². The number of rotatable bonds is 21. The zero-order valence-corrected chi connectivity index (χ0v) is 66.9. The standard InChI is InChI=1S/C77H126O40/c1-27-40(82)47(89)54(96)65(105-27)115-62-51(93)44(86)33(22-79)108-70(62)116-61-42(84)31(81)24-102-69(61)112-39-13-14-74(7)37(73(39,5)6)12-15-76(9)38(74)11-10-29-30-20-72(3,4)16-18-77(30,19-17-75(29,76)8)71(101)117-67-56(98)50(92)46(88)36(111-67)26-104-64-57(99)52(94)59(34(23-80)109-64)113-68-58(100)60(41(83)28(2)106-68)114-66-55(97)49(91)45(87)35(110-66)25-103-63-53(95)48(90)43(85)32(21-78)107-63/h10,27-28,30-70,78-100H,11-26H2,1-9H3/t27-,28-,30-,31-,32+,33+,34+,35+,36+,37-,38+,39-,40-,41-,42-,43+,44+,45+,46+,47+,48-,49-,50-,51-,52+,53+,54+,55+,56+,57+,58+,59+,60+,61+,62+,63+,64+,65-,66+,67-,68-,69-,70-,74-,75+,76+,77-/m0/s1. The average molecular weight is 1690 g/mol. The van der Waals surface area contributed by atoms with E-state index in [-0.39, 0.29) is 40.6 Å². The zero-order valence-electron chi connectivity index (χ0n) is 66.9. The smallest absolute Gasteiger partial charge is 0.315 e. The summed E-state index contributed by atoms with van der Waals surface area (Å²) in [6.45, 7) is 14.0. The van der Waals surface area contributed by atoms with Crippen molar-refractivity contribution in [2.24, 2.45) is 50.2 Å². The predicted molar refractivity (Wildman–Crippen MR) is 385 cm³/mol. The van der Waals surface area contributed by atoms with Crippen LogP contribution in [0.25, 0.3) is 0 Å². The first-order valence-electron chi connectivity index (χ1n) is 41.0. The highest BCUT2D eigenvalue weighted by atomic mass is 16.8. The van der Waals surface area contributed by atoms with Crippen LogP contribution in [0.4, 0.5) is 0 Å². The van der Waals surface area contributed by atoms with Crippen LogP contribution in [0.3, 0.4) is 0 Å². The summed E-state index contributed by atoms with van der Waals surface area (Å²) in [6.07, 6.45) is -60.5. The molecule has 0 unspecified atom stereocenters. The molecule has 8 aliphatic heterocycles. The van der Waals surface area contributed by atoms with E-state index >= 15 is 4.79 Å². The summed E-state index contributed by atoms with van der Waals surface area (Å²) in [4.78, 5) is 15.5. The van der Waals surface area contributed by atoms with E-state index < -0.39 is 301 Å². The summed E-state index contributed by atoms with van der Waals surface area (Å²) in [5, 5.41) is 252. The highest BCUT2D eigenvalue weighted by molar-refractivity contribution is 5.79. The summed E-state index contributed by atoms with van der Waals surface area (Å²) in [6, 6.07) is 0. The Morgan fingerprint density at radius 3 is 1.46 bits per heavy atom. The summed E-state index contributed by atoms with van der Waals surface area (Å²) in [5.74, 6) is -0.890. The number of allylic oxidation sites excluding steroid dienone is 2. The quantitative estimate of drug-likeness (QED) is 0.0288. The molecule has 0 amide bonds. The molecule has 0 aromatic carbocycles. The van der Waals surface area contributed by atoms with Gasteiger partial charge in [-0.3, -0.25) is 4.79 Å². The number of aliphatic hydroxyl groups excluding tert-OH is 23. The zero-order chi connectivity index (χ0) is 85.3. The van der Waals surface area contributed by atoms with Gasteiger partial charge < -0.3 is 193 Å². The van der Waals surface area contributed by atoms with E-state index in [1.165, 1.54) is 13.8 Å². The van der Waals surface area contributed by atoms with Gasteiger partial charge in [-0.2, -0.15) is 0 Å². The molecule has 0 spiro atoms. The first-order valence-corrected chi connectivity index (χ1v) is 41.0. The maximum Gasteiger partial charge on any atom is 0.315 e. The van der Waals surface area contributed by atoms with Crippen LogP contribution in [0, 0.1) is 50.2 Å². The van der Waals surface area contributed by atoms with Crippen molar-refractivity contribution in [1.82, 2.24) is 0 Å². The lowest BCUT2D eigenvalue weighted by molar-refractivity contribution is -0.392. The Labute approximate surface area is 675 Å². The third-order valence-corrected chi connectivity index (χ3v) is 29.4. The number of ether oxygens (including phenoxy) is 16.